The van der Waals surface area contributed by atoms with Gasteiger partial charge < -0.3 is 14.6 Å². The molecule has 1 amide bonds. The van der Waals surface area contributed by atoms with Crippen molar-refractivity contribution in [3.8, 4) is 17.0 Å². The summed E-state index contributed by atoms with van der Waals surface area (Å²) in [5.41, 5.74) is 0.481. The maximum Gasteiger partial charge on any atom is 0.332 e. The van der Waals surface area contributed by atoms with Crippen LogP contribution in [0.3, 0.4) is 0 Å². The maximum atomic E-state index is 12.5. The third kappa shape index (κ3) is 4.76. The van der Waals surface area contributed by atoms with E-state index in [1.54, 1.807) is 6.07 Å². The van der Waals surface area contributed by atoms with E-state index in [2.05, 4.69) is 15.4 Å². The van der Waals surface area contributed by atoms with Crippen LogP contribution < -0.4 is 26.9 Å². The average Bonchev–Trinajstić information content (AvgIpc) is 3.27. The van der Waals surface area contributed by atoms with Gasteiger partial charge in [-0.15, -0.1) is 0 Å². The largest absolute Gasteiger partial charge is 0.494 e. The summed E-state index contributed by atoms with van der Waals surface area (Å²) in [4.78, 5) is 53.4. The van der Waals surface area contributed by atoms with Crippen LogP contribution in [0.4, 0.5) is 0 Å². The predicted octanol–water partition coefficient (Wildman–Crippen LogP) is -0.127. The number of ether oxygens (including phenoxy) is 1. The van der Waals surface area contributed by atoms with Crippen molar-refractivity contribution in [1.82, 2.24) is 33.8 Å². The van der Waals surface area contributed by atoms with Gasteiger partial charge in [0, 0.05) is 32.3 Å². The fourth-order valence-electron chi connectivity index (χ4n) is 3.68. The van der Waals surface area contributed by atoms with E-state index < -0.39 is 11.2 Å². The van der Waals surface area contributed by atoms with Crippen LogP contribution in [0.15, 0.2) is 57.1 Å². The fraction of sp³-hybridized carbons (Fsp3) is 0.304. The summed E-state index contributed by atoms with van der Waals surface area (Å²) in [6, 6.07) is 10.5. The van der Waals surface area contributed by atoms with Crippen LogP contribution >= 0.6 is 0 Å². The van der Waals surface area contributed by atoms with E-state index in [0.29, 0.717) is 12.3 Å². The number of benzene rings is 1. The van der Waals surface area contributed by atoms with Crippen molar-refractivity contribution in [3.05, 3.63) is 73.9 Å². The standard InChI is InChI=1S/C23H25N7O5/c1-4-35-16-7-5-15(6-8-16)17-9-10-19(32)30(26-17)12-11-24-18(31)13-29-14-25-21-20(29)22(33)28(3)23(34)27(21)2/h5-10,14H,4,11-13H2,1-3H3,(H,24,31). The number of nitrogens with zero attached hydrogens (tertiary/aromatic N) is 6. The molecular formula is C23H25N7O5. The SMILES string of the molecule is CCOc1ccc(-c2ccc(=O)n(CCNC(=O)Cn3cnc4c3c(=O)n(C)c(=O)n4C)n2)cc1. The zero-order valence-electron chi connectivity index (χ0n) is 19.6. The molecule has 0 fully saturated rings. The number of hydrogen-bond acceptors (Lipinski definition) is 7. The van der Waals surface area contributed by atoms with Crippen molar-refractivity contribution in [3.63, 3.8) is 0 Å². The number of carbonyl (C=O) groups is 1. The Kier molecular flexibility index (Phi) is 6.62. The van der Waals surface area contributed by atoms with E-state index >= 15 is 0 Å². The topological polar surface area (TPSA) is 135 Å². The normalized spacial score (nSPS) is 11.1. The second kappa shape index (κ2) is 9.79. The molecule has 0 aliphatic heterocycles. The Bertz CT molecular complexity index is 1560. The average molecular weight is 479 g/mol. The van der Waals surface area contributed by atoms with Gasteiger partial charge >= 0.3 is 5.69 Å². The second-order valence-corrected chi connectivity index (χ2v) is 7.84. The molecule has 35 heavy (non-hydrogen) atoms. The van der Waals surface area contributed by atoms with Gasteiger partial charge in [-0.25, -0.2) is 14.5 Å². The van der Waals surface area contributed by atoms with Gasteiger partial charge in [-0.3, -0.25) is 23.5 Å². The van der Waals surface area contributed by atoms with Gasteiger partial charge in [0.2, 0.25) is 5.91 Å². The van der Waals surface area contributed by atoms with Crippen LogP contribution in [0.2, 0.25) is 0 Å². The first kappa shape index (κ1) is 23.7. The van der Waals surface area contributed by atoms with Crippen LogP contribution in [0.25, 0.3) is 22.4 Å². The molecule has 1 aromatic carbocycles. The van der Waals surface area contributed by atoms with Crippen molar-refractivity contribution >= 4 is 17.1 Å². The number of fused-ring (bicyclic) bond motifs is 1. The molecule has 12 heteroatoms. The smallest absolute Gasteiger partial charge is 0.332 e. The highest BCUT2D eigenvalue weighted by atomic mass is 16.5. The summed E-state index contributed by atoms with van der Waals surface area (Å²) in [6.45, 7) is 2.63. The molecule has 3 aromatic heterocycles. The Hall–Kier alpha value is -4.48. The Labute approximate surface area is 199 Å². The van der Waals surface area contributed by atoms with Crippen LogP contribution in [0.1, 0.15) is 6.92 Å². The van der Waals surface area contributed by atoms with Gasteiger partial charge in [0.1, 0.15) is 12.3 Å². The van der Waals surface area contributed by atoms with E-state index in [-0.39, 0.29) is 42.3 Å². The molecule has 0 saturated carbocycles. The minimum Gasteiger partial charge on any atom is -0.494 e. The van der Waals surface area contributed by atoms with Crippen LogP contribution in [-0.2, 0) is 32.0 Å². The molecule has 0 spiro atoms. The molecule has 0 saturated heterocycles. The Morgan fingerprint density at radius 3 is 2.49 bits per heavy atom. The van der Waals surface area contributed by atoms with E-state index in [1.165, 1.54) is 40.3 Å². The Morgan fingerprint density at radius 2 is 1.77 bits per heavy atom. The van der Waals surface area contributed by atoms with Crippen LogP contribution in [0, 0.1) is 0 Å². The molecule has 0 unspecified atom stereocenters. The number of carbonyl (C=O) groups excluding carboxylic acids is 1. The molecule has 1 N–H and O–H groups in total. The zero-order valence-corrected chi connectivity index (χ0v) is 19.6. The van der Waals surface area contributed by atoms with Crippen molar-refractivity contribution in [1.29, 1.82) is 0 Å². The van der Waals surface area contributed by atoms with Gasteiger partial charge in [-0.05, 0) is 37.3 Å². The summed E-state index contributed by atoms with van der Waals surface area (Å²) >= 11 is 0. The lowest BCUT2D eigenvalue weighted by molar-refractivity contribution is -0.121. The summed E-state index contributed by atoms with van der Waals surface area (Å²) in [6.07, 6.45) is 1.34. The highest BCUT2D eigenvalue weighted by Crippen LogP contribution is 2.19. The molecule has 0 atom stereocenters. The predicted molar refractivity (Wildman–Crippen MR) is 128 cm³/mol. The molecule has 4 rings (SSSR count). The highest BCUT2D eigenvalue weighted by molar-refractivity contribution is 5.78. The van der Waals surface area contributed by atoms with E-state index in [1.807, 2.05) is 31.2 Å². The monoisotopic (exact) mass is 479 g/mol. The van der Waals surface area contributed by atoms with Gasteiger partial charge in [-0.1, -0.05) is 0 Å². The number of hydrogen-bond donors (Lipinski definition) is 1. The van der Waals surface area contributed by atoms with E-state index in [0.717, 1.165) is 15.9 Å². The molecule has 0 bridgehead atoms. The van der Waals surface area contributed by atoms with Gasteiger partial charge in [0.05, 0.1) is 25.2 Å². The minimum absolute atomic E-state index is 0.154. The maximum absolute atomic E-state index is 12.5. The van der Waals surface area contributed by atoms with Crippen molar-refractivity contribution < 1.29 is 9.53 Å². The van der Waals surface area contributed by atoms with Crippen LogP contribution in [-0.4, -0.2) is 47.5 Å². The van der Waals surface area contributed by atoms with E-state index in [4.69, 9.17) is 4.74 Å². The minimum atomic E-state index is -0.532. The highest BCUT2D eigenvalue weighted by Gasteiger charge is 2.16. The third-order valence-corrected chi connectivity index (χ3v) is 5.50. The first-order chi connectivity index (χ1) is 16.8. The summed E-state index contributed by atoms with van der Waals surface area (Å²) < 4.78 is 10.3. The molecule has 0 aliphatic carbocycles. The van der Waals surface area contributed by atoms with Crippen LogP contribution in [0.5, 0.6) is 5.75 Å². The van der Waals surface area contributed by atoms with Crippen molar-refractivity contribution in [2.45, 2.75) is 20.0 Å². The zero-order chi connectivity index (χ0) is 25.1. The number of aryl methyl sites for hydroxylation is 1. The Balaban J connectivity index is 1.43. The third-order valence-electron chi connectivity index (χ3n) is 5.50. The molecule has 0 aliphatic rings. The summed E-state index contributed by atoms with van der Waals surface area (Å²) in [5.74, 6) is 0.369. The number of amides is 1. The molecule has 0 radical (unpaired) electrons. The lowest BCUT2D eigenvalue weighted by atomic mass is 10.1. The molecular weight excluding hydrogens is 454 g/mol. The summed E-state index contributed by atoms with van der Waals surface area (Å²) in [5, 5.41) is 7.11. The summed E-state index contributed by atoms with van der Waals surface area (Å²) in [7, 11) is 2.88. The second-order valence-electron chi connectivity index (χ2n) is 7.84. The first-order valence-electron chi connectivity index (χ1n) is 11.0. The van der Waals surface area contributed by atoms with Gasteiger partial charge in [0.15, 0.2) is 11.2 Å². The number of nitrogens with one attached hydrogen (secondary N) is 1. The van der Waals surface area contributed by atoms with Crippen molar-refractivity contribution in [2.24, 2.45) is 14.1 Å². The van der Waals surface area contributed by atoms with Gasteiger partial charge in [0.25, 0.3) is 11.1 Å². The lowest BCUT2D eigenvalue weighted by Crippen LogP contribution is -2.38. The lowest BCUT2D eigenvalue weighted by Gasteiger charge is -2.10. The Morgan fingerprint density at radius 1 is 1.03 bits per heavy atom. The van der Waals surface area contributed by atoms with E-state index in [9.17, 15) is 19.2 Å². The van der Waals surface area contributed by atoms with Crippen molar-refractivity contribution in [2.75, 3.05) is 13.2 Å². The number of rotatable bonds is 8. The quantitative estimate of drug-likeness (QED) is 0.372. The molecule has 182 valence electrons. The first-order valence-corrected chi connectivity index (χ1v) is 11.0. The molecule has 12 nitrogen and oxygen atoms in total. The number of imidazole rings is 1. The van der Waals surface area contributed by atoms with Gasteiger partial charge in [-0.2, -0.15) is 5.10 Å². The fourth-order valence-corrected chi connectivity index (χ4v) is 3.68. The molecule has 3 heterocycles. The number of aromatic nitrogens is 6. The molecule has 4 aromatic rings.